The maximum atomic E-state index is 13.4. The van der Waals surface area contributed by atoms with Crippen LogP contribution in [0.3, 0.4) is 0 Å². The summed E-state index contributed by atoms with van der Waals surface area (Å²) in [7, 11) is 0. The smallest absolute Gasteiger partial charge is 0.307 e. The first-order chi connectivity index (χ1) is 15.8. The van der Waals surface area contributed by atoms with Crippen molar-refractivity contribution in [3.8, 4) is 11.1 Å². The van der Waals surface area contributed by atoms with Crippen LogP contribution in [0.25, 0.3) is 11.1 Å². The summed E-state index contributed by atoms with van der Waals surface area (Å²) in [5, 5.41) is 12.1. The molecule has 3 aromatic carbocycles. The number of aliphatic carboxylic acids is 1. The number of halogens is 1. The fourth-order valence-electron chi connectivity index (χ4n) is 4.35. The molecule has 0 spiro atoms. The Kier molecular flexibility index (Phi) is 6.36. The number of anilines is 1. The van der Waals surface area contributed by atoms with Crippen LogP contribution in [-0.4, -0.2) is 22.8 Å². The van der Waals surface area contributed by atoms with Gasteiger partial charge in [-0.1, -0.05) is 42.8 Å². The SMILES string of the molecule is Cc1cc(C(=O)Nc2ccc(-c3ccc(C(=O)[C@H]4CCC[C@@H]4C(=O)O)cc3)cc2)ccc1F. The van der Waals surface area contributed by atoms with Gasteiger partial charge in [-0.2, -0.15) is 0 Å². The molecule has 0 radical (unpaired) electrons. The molecule has 1 fully saturated rings. The van der Waals surface area contributed by atoms with E-state index in [1.807, 2.05) is 24.3 Å². The number of ketones is 1. The zero-order valence-electron chi connectivity index (χ0n) is 18.2. The fraction of sp³-hybridized carbons (Fsp3) is 0.222. The van der Waals surface area contributed by atoms with Crippen molar-refractivity contribution in [1.29, 1.82) is 0 Å². The minimum atomic E-state index is -0.899. The molecule has 0 unspecified atom stereocenters. The van der Waals surface area contributed by atoms with Crippen molar-refractivity contribution >= 4 is 23.3 Å². The summed E-state index contributed by atoms with van der Waals surface area (Å²) in [6, 6.07) is 18.7. The molecule has 3 aromatic rings. The standard InChI is InChI=1S/C27H24FNO4/c1-16-15-20(11-14-24(16)28)26(31)29-21-12-9-18(10-13-21)17-5-7-19(8-6-17)25(30)22-3-2-4-23(22)27(32)33/h5-15,22-23H,2-4H2,1H3,(H,29,31)(H,32,33)/t22-,23-/m0/s1. The summed E-state index contributed by atoms with van der Waals surface area (Å²) in [6.45, 7) is 1.61. The molecular weight excluding hydrogens is 421 g/mol. The van der Waals surface area contributed by atoms with E-state index >= 15 is 0 Å². The van der Waals surface area contributed by atoms with Gasteiger partial charge in [0.1, 0.15) is 5.82 Å². The molecule has 1 aliphatic rings. The number of carboxylic acid groups (broad SMARTS) is 1. The fourth-order valence-corrected chi connectivity index (χ4v) is 4.35. The van der Waals surface area contributed by atoms with Gasteiger partial charge in [0.25, 0.3) is 5.91 Å². The number of amides is 1. The van der Waals surface area contributed by atoms with Gasteiger partial charge in [0.2, 0.25) is 0 Å². The second-order valence-corrected chi connectivity index (χ2v) is 8.42. The van der Waals surface area contributed by atoms with Gasteiger partial charge in [-0.15, -0.1) is 0 Å². The Morgan fingerprint density at radius 1 is 0.848 bits per heavy atom. The highest BCUT2D eigenvalue weighted by Gasteiger charge is 2.37. The molecule has 33 heavy (non-hydrogen) atoms. The van der Waals surface area contributed by atoms with Crippen molar-refractivity contribution in [2.75, 3.05) is 5.32 Å². The number of rotatable bonds is 6. The molecule has 1 aliphatic carbocycles. The Labute approximate surface area is 191 Å². The predicted octanol–water partition coefficient (Wildman–Crippen LogP) is 5.74. The lowest BCUT2D eigenvalue weighted by Gasteiger charge is -2.14. The Balaban J connectivity index is 1.43. The van der Waals surface area contributed by atoms with E-state index in [1.165, 1.54) is 18.2 Å². The maximum absolute atomic E-state index is 13.4. The van der Waals surface area contributed by atoms with Crippen LogP contribution in [0.15, 0.2) is 66.7 Å². The zero-order chi connectivity index (χ0) is 23.5. The van der Waals surface area contributed by atoms with E-state index in [1.54, 1.807) is 31.2 Å². The summed E-state index contributed by atoms with van der Waals surface area (Å²) in [4.78, 5) is 36.6. The lowest BCUT2D eigenvalue weighted by molar-refractivity contribution is -0.142. The van der Waals surface area contributed by atoms with Gasteiger partial charge in [-0.05, 0) is 66.8 Å². The number of benzene rings is 3. The van der Waals surface area contributed by atoms with Crippen LogP contribution in [-0.2, 0) is 4.79 Å². The second kappa shape index (κ2) is 9.36. The number of nitrogens with one attached hydrogen (secondary N) is 1. The van der Waals surface area contributed by atoms with Crippen LogP contribution < -0.4 is 5.32 Å². The number of aryl methyl sites for hydroxylation is 1. The summed E-state index contributed by atoms with van der Waals surface area (Å²) < 4.78 is 13.4. The number of carbonyl (C=O) groups is 3. The Bertz CT molecular complexity index is 1200. The van der Waals surface area contributed by atoms with Crippen molar-refractivity contribution in [3.63, 3.8) is 0 Å². The average Bonchev–Trinajstić information content (AvgIpc) is 3.31. The van der Waals surface area contributed by atoms with Crippen molar-refractivity contribution < 1.29 is 23.9 Å². The van der Waals surface area contributed by atoms with Gasteiger partial charge in [-0.25, -0.2) is 4.39 Å². The van der Waals surface area contributed by atoms with Gasteiger partial charge < -0.3 is 10.4 Å². The highest BCUT2D eigenvalue weighted by atomic mass is 19.1. The van der Waals surface area contributed by atoms with Crippen LogP contribution in [0.1, 0.15) is 45.5 Å². The molecule has 6 heteroatoms. The number of hydrogen-bond acceptors (Lipinski definition) is 3. The van der Waals surface area contributed by atoms with Gasteiger partial charge in [0.15, 0.2) is 5.78 Å². The first-order valence-electron chi connectivity index (χ1n) is 10.9. The minimum absolute atomic E-state index is 0.111. The lowest BCUT2D eigenvalue weighted by atomic mass is 9.88. The van der Waals surface area contributed by atoms with Gasteiger partial charge >= 0.3 is 5.97 Å². The highest BCUT2D eigenvalue weighted by Crippen LogP contribution is 2.35. The van der Waals surface area contributed by atoms with Crippen molar-refractivity contribution in [1.82, 2.24) is 0 Å². The third kappa shape index (κ3) is 4.85. The lowest BCUT2D eigenvalue weighted by Crippen LogP contribution is -2.25. The van der Waals surface area contributed by atoms with Crippen LogP contribution in [0.2, 0.25) is 0 Å². The van der Waals surface area contributed by atoms with E-state index in [0.29, 0.717) is 35.2 Å². The second-order valence-electron chi connectivity index (χ2n) is 8.42. The molecule has 168 valence electrons. The Hall–Kier alpha value is -3.80. The quantitative estimate of drug-likeness (QED) is 0.474. The molecule has 2 N–H and O–H groups in total. The van der Waals surface area contributed by atoms with E-state index in [4.69, 9.17) is 0 Å². The van der Waals surface area contributed by atoms with Crippen molar-refractivity contribution in [2.45, 2.75) is 26.2 Å². The van der Waals surface area contributed by atoms with E-state index in [9.17, 15) is 23.9 Å². The van der Waals surface area contributed by atoms with Gasteiger partial charge in [0, 0.05) is 22.7 Å². The predicted molar refractivity (Wildman–Crippen MR) is 124 cm³/mol. The molecule has 0 saturated heterocycles. The summed E-state index contributed by atoms with van der Waals surface area (Å²) in [5.41, 5.74) is 3.74. The first kappa shape index (κ1) is 22.4. The summed E-state index contributed by atoms with van der Waals surface area (Å²) in [5.74, 6) is -2.74. The maximum Gasteiger partial charge on any atom is 0.307 e. The molecule has 0 aromatic heterocycles. The summed E-state index contributed by atoms with van der Waals surface area (Å²) in [6.07, 6.45) is 1.92. The molecule has 0 bridgehead atoms. The normalized spacial score (nSPS) is 17.5. The zero-order valence-corrected chi connectivity index (χ0v) is 18.2. The minimum Gasteiger partial charge on any atom is -0.481 e. The van der Waals surface area contributed by atoms with Gasteiger partial charge in [0.05, 0.1) is 5.92 Å². The number of Topliss-reactive ketones (excluding diaryl/α,β-unsaturated/α-hetero) is 1. The van der Waals surface area contributed by atoms with Gasteiger partial charge in [-0.3, -0.25) is 14.4 Å². The van der Waals surface area contributed by atoms with Crippen LogP contribution in [0.4, 0.5) is 10.1 Å². The molecule has 2 atom stereocenters. The van der Waals surface area contributed by atoms with Crippen LogP contribution in [0, 0.1) is 24.6 Å². The molecule has 1 saturated carbocycles. The van der Waals surface area contributed by atoms with E-state index in [2.05, 4.69) is 5.32 Å². The number of carboxylic acids is 1. The molecular formula is C27H24FNO4. The van der Waals surface area contributed by atoms with Crippen LogP contribution >= 0.6 is 0 Å². The van der Waals surface area contributed by atoms with Crippen molar-refractivity contribution in [2.24, 2.45) is 11.8 Å². The average molecular weight is 445 g/mol. The van der Waals surface area contributed by atoms with E-state index in [-0.39, 0.29) is 17.5 Å². The van der Waals surface area contributed by atoms with E-state index in [0.717, 1.165) is 17.5 Å². The number of hydrogen-bond donors (Lipinski definition) is 2. The molecule has 5 nitrogen and oxygen atoms in total. The molecule has 4 rings (SSSR count). The highest BCUT2D eigenvalue weighted by molar-refractivity contribution is 6.04. The molecule has 0 aliphatic heterocycles. The molecule has 0 heterocycles. The first-order valence-corrected chi connectivity index (χ1v) is 10.9. The van der Waals surface area contributed by atoms with E-state index < -0.39 is 17.8 Å². The third-order valence-corrected chi connectivity index (χ3v) is 6.24. The van der Waals surface area contributed by atoms with Crippen molar-refractivity contribution in [3.05, 3.63) is 89.2 Å². The Morgan fingerprint density at radius 2 is 1.42 bits per heavy atom. The summed E-state index contributed by atoms with van der Waals surface area (Å²) >= 11 is 0. The topological polar surface area (TPSA) is 83.5 Å². The largest absolute Gasteiger partial charge is 0.481 e. The number of carbonyl (C=O) groups excluding carboxylic acids is 2. The third-order valence-electron chi connectivity index (χ3n) is 6.24. The van der Waals surface area contributed by atoms with Crippen LogP contribution in [0.5, 0.6) is 0 Å². The molecule has 1 amide bonds. The Morgan fingerprint density at radius 3 is 2.03 bits per heavy atom. The monoisotopic (exact) mass is 445 g/mol.